The second-order valence-corrected chi connectivity index (χ2v) is 4.40. The molecule has 0 N–H and O–H groups in total. The number of hydrogen-bond acceptors (Lipinski definition) is 3. The van der Waals surface area contributed by atoms with Gasteiger partial charge in [-0.3, -0.25) is 9.59 Å². The molecule has 98 valence electrons. The van der Waals surface area contributed by atoms with Crippen LogP contribution in [0.4, 0.5) is 0 Å². The van der Waals surface area contributed by atoms with Gasteiger partial charge in [-0.25, -0.2) is 0 Å². The summed E-state index contributed by atoms with van der Waals surface area (Å²) in [4.78, 5) is 24.3. The van der Waals surface area contributed by atoms with E-state index in [1.165, 1.54) is 6.92 Å². The predicted octanol–water partition coefficient (Wildman–Crippen LogP) is 3.27. The molecule has 0 amide bonds. The molecule has 18 heavy (non-hydrogen) atoms. The van der Waals surface area contributed by atoms with Gasteiger partial charge < -0.3 is 4.74 Å². The highest BCUT2D eigenvalue weighted by atomic mass is 16.5. The summed E-state index contributed by atoms with van der Waals surface area (Å²) >= 11 is 0. The summed E-state index contributed by atoms with van der Waals surface area (Å²) in [7, 11) is 1.58. The molecule has 1 aromatic carbocycles. The first-order chi connectivity index (χ1) is 8.51. The van der Waals surface area contributed by atoms with E-state index in [-0.39, 0.29) is 11.6 Å². The van der Waals surface area contributed by atoms with Gasteiger partial charge in [-0.05, 0) is 44.0 Å². The van der Waals surface area contributed by atoms with Crippen molar-refractivity contribution in [2.75, 3.05) is 7.11 Å². The lowest BCUT2D eigenvalue weighted by Gasteiger charge is -2.27. The lowest BCUT2D eigenvalue weighted by molar-refractivity contribution is -0.124. The van der Waals surface area contributed by atoms with Crippen LogP contribution in [-0.2, 0) is 4.79 Å². The molecule has 3 heteroatoms. The Balaban J connectivity index is 3.13. The number of ether oxygens (including phenoxy) is 1. The minimum Gasteiger partial charge on any atom is -0.497 e. The van der Waals surface area contributed by atoms with Gasteiger partial charge in [0.05, 0.1) is 12.5 Å². The number of rotatable bonds is 6. The molecule has 0 saturated carbocycles. The molecule has 1 rings (SSSR count). The molecule has 0 aromatic heterocycles. The quantitative estimate of drug-likeness (QED) is 0.573. The Hall–Kier alpha value is -1.64. The first kappa shape index (κ1) is 14.4. The van der Waals surface area contributed by atoms with Gasteiger partial charge in [-0.2, -0.15) is 0 Å². The van der Waals surface area contributed by atoms with Gasteiger partial charge in [0.1, 0.15) is 11.5 Å². The molecule has 0 aliphatic heterocycles. The molecule has 0 saturated heterocycles. The van der Waals surface area contributed by atoms with E-state index >= 15 is 0 Å². The maximum Gasteiger partial charge on any atom is 0.176 e. The third-order valence-electron chi connectivity index (χ3n) is 3.67. The van der Waals surface area contributed by atoms with Crippen LogP contribution in [0.15, 0.2) is 24.3 Å². The largest absolute Gasteiger partial charge is 0.497 e. The Morgan fingerprint density at radius 1 is 1.11 bits per heavy atom. The third-order valence-corrected chi connectivity index (χ3v) is 3.67. The van der Waals surface area contributed by atoms with Gasteiger partial charge in [0.15, 0.2) is 5.78 Å². The average Bonchev–Trinajstić information content (AvgIpc) is 2.40. The molecule has 0 aliphatic rings. The van der Waals surface area contributed by atoms with Crippen LogP contribution in [0.2, 0.25) is 0 Å². The molecular weight excluding hydrogens is 228 g/mol. The Morgan fingerprint density at radius 2 is 1.61 bits per heavy atom. The number of carbonyl (C=O) groups is 2. The third kappa shape index (κ3) is 2.45. The minimum atomic E-state index is -0.880. The summed E-state index contributed by atoms with van der Waals surface area (Å²) in [6.45, 7) is 5.26. The Labute approximate surface area is 108 Å². The van der Waals surface area contributed by atoms with Gasteiger partial charge >= 0.3 is 0 Å². The van der Waals surface area contributed by atoms with Crippen molar-refractivity contribution in [1.29, 1.82) is 0 Å². The molecular formula is C15H20O3. The molecule has 0 heterocycles. The smallest absolute Gasteiger partial charge is 0.176 e. The Bertz CT molecular complexity index is 428. The topological polar surface area (TPSA) is 43.4 Å². The molecule has 3 nitrogen and oxygen atoms in total. The van der Waals surface area contributed by atoms with Crippen LogP contribution in [-0.4, -0.2) is 18.7 Å². The number of Topliss-reactive ketones (excluding diaryl/α,β-unsaturated/α-hetero) is 2. The van der Waals surface area contributed by atoms with Crippen molar-refractivity contribution in [3.05, 3.63) is 29.8 Å². The maximum atomic E-state index is 12.5. The lowest BCUT2D eigenvalue weighted by Crippen LogP contribution is -2.37. The van der Waals surface area contributed by atoms with Gasteiger partial charge in [0.25, 0.3) is 0 Å². The highest BCUT2D eigenvalue weighted by molar-refractivity contribution is 6.13. The van der Waals surface area contributed by atoms with Crippen molar-refractivity contribution in [3.63, 3.8) is 0 Å². The van der Waals surface area contributed by atoms with Gasteiger partial charge in [0.2, 0.25) is 0 Å². The van der Waals surface area contributed by atoms with Gasteiger partial charge in [0, 0.05) is 5.56 Å². The van der Waals surface area contributed by atoms with Crippen molar-refractivity contribution in [3.8, 4) is 5.75 Å². The second-order valence-electron chi connectivity index (χ2n) is 4.40. The van der Waals surface area contributed by atoms with Crippen LogP contribution in [0.3, 0.4) is 0 Å². The molecule has 0 unspecified atom stereocenters. The van der Waals surface area contributed by atoms with E-state index in [2.05, 4.69) is 0 Å². The summed E-state index contributed by atoms with van der Waals surface area (Å²) in [6.07, 6.45) is 1.06. The Morgan fingerprint density at radius 3 is 1.94 bits per heavy atom. The average molecular weight is 248 g/mol. The number of ketones is 2. The zero-order chi connectivity index (χ0) is 13.8. The van der Waals surface area contributed by atoms with E-state index in [1.807, 2.05) is 13.8 Å². The molecule has 0 bridgehead atoms. The number of benzene rings is 1. The van der Waals surface area contributed by atoms with Gasteiger partial charge in [-0.15, -0.1) is 0 Å². The van der Waals surface area contributed by atoms with Crippen molar-refractivity contribution in [1.82, 2.24) is 0 Å². The van der Waals surface area contributed by atoms with Crippen molar-refractivity contribution in [2.45, 2.75) is 33.6 Å². The molecule has 0 radical (unpaired) electrons. The van der Waals surface area contributed by atoms with Crippen molar-refractivity contribution < 1.29 is 14.3 Å². The van der Waals surface area contributed by atoms with E-state index < -0.39 is 5.41 Å². The van der Waals surface area contributed by atoms with Gasteiger partial charge in [-0.1, -0.05) is 13.8 Å². The fraction of sp³-hybridized carbons (Fsp3) is 0.467. The minimum absolute atomic E-state index is 0.0617. The van der Waals surface area contributed by atoms with E-state index in [4.69, 9.17) is 4.74 Å². The first-order valence-electron chi connectivity index (χ1n) is 6.21. The number of carbonyl (C=O) groups excluding carboxylic acids is 2. The molecule has 1 aromatic rings. The van der Waals surface area contributed by atoms with E-state index in [0.717, 1.165) is 0 Å². The Kier molecular flexibility index (Phi) is 4.65. The first-order valence-corrected chi connectivity index (χ1v) is 6.21. The van der Waals surface area contributed by atoms with Crippen LogP contribution < -0.4 is 4.74 Å². The van der Waals surface area contributed by atoms with E-state index in [9.17, 15) is 9.59 Å². The van der Waals surface area contributed by atoms with Crippen LogP contribution in [0.1, 0.15) is 44.0 Å². The maximum absolute atomic E-state index is 12.5. The summed E-state index contributed by atoms with van der Waals surface area (Å²) in [5, 5.41) is 0. The van der Waals surface area contributed by atoms with Crippen molar-refractivity contribution in [2.24, 2.45) is 5.41 Å². The monoisotopic (exact) mass is 248 g/mol. The lowest BCUT2D eigenvalue weighted by atomic mass is 9.73. The van der Waals surface area contributed by atoms with E-state index in [0.29, 0.717) is 24.2 Å². The number of hydrogen-bond donors (Lipinski definition) is 0. The van der Waals surface area contributed by atoms with Crippen LogP contribution in [0.5, 0.6) is 5.75 Å². The van der Waals surface area contributed by atoms with E-state index in [1.54, 1.807) is 31.4 Å². The standard InChI is InChI=1S/C15H20O3/c1-5-15(6-2,11(3)16)14(17)12-7-9-13(18-4)10-8-12/h7-10H,5-6H2,1-4H3. The zero-order valence-electron chi connectivity index (χ0n) is 11.4. The molecule has 0 atom stereocenters. The fourth-order valence-corrected chi connectivity index (χ4v) is 2.25. The van der Waals surface area contributed by atoms with Crippen molar-refractivity contribution >= 4 is 11.6 Å². The van der Waals surface area contributed by atoms with Crippen LogP contribution in [0.25, 0.3) is 0 Å². The summed E-state index contributed by atoms with van der Waals surface area (Å²) in [6, 6.07) is 6.90. The normalized spacial score (nSPS) is 11.1. The molecule has 0 spiro atoms. The SMILES string of the molecule is CCC(CC)(C(C)=O)C(=O)c1ccc(OC)cc1. The highest BCUT2D eigenvalue weighted by Crippen LogP contribution is 2.32. The predicted molar refractivity (Wildman–Crippen MR) is 71.0 cm³/mol. The summed E-state index contributed by atoms with van der Waals surface area (Å²) in [5.74, 6) is 0.545. The van der Waals surface area contributed by atoms with Crippen LogP contribution in [0, 0.1) is 5.41 Å². The highest BCUT2D eigenvalue weighted by Gasteiger charge is 2.39. The fourth-order valence-electron chi connectivity index (χ4n) is 2.25. The summed E-state index contributed by atoms with van der Waals surface area (Å²) < 4.78 is 5.06. The number of methoxy groups -OCH3 is 1. The molecule has 0 fully saturated rings. The molecule has 0 aliphatic carbocycles. The van der Waals surface area contributed by atoms with Crippen LogP contribution >= 0.6 is 0 Å². The zero-order valence-corrected chi connectivity index (χ0v) is 11.4. The second kappa shape index (κ2) is 5.80. The summed E-state index contributed by atoms with van der Waals surface area (Å²) in [5.41, 5.74) is -0.316.